The first-order chi connectivity index (χ1) is 31.1. The molecule has 11 rings (SSSR count). The molecule has 7 aromatic carbocycles. The lowest BCUT2D eigenvalue weighted by atomic mass is 9.97. The molecule has 0 aliphatic carbocycles. The van der Waals surface area contributed by atoms with Gasteiger partial charge in [-0.2, -0.15) is 0 Å². The van der Waals surface area contributed by atoms with Crippen LogP contribution >= 0.6 is 0 Å². The van der Waals surface area contributed by atoms with Crippen molar-refractivity contribution in [2.24, 2.45) is 0 Å². The molecule has 11 aromatic rings. The van der Waals surface area contributed by atoms with Crippen LogP contribution < -0.4 is 0 Å². The average molecular weight is 805 g/mol. The molecule has 0 aliphatic rings. The molecule has 4 aromatic heterocycles. The Hall–Kier alpha value is -8.34. The third-order valence-electron chi connectivity index (χ3n) is 11.8. The van der Waals surface area contributed by atoms with Gasteiger partial charge in [-0.15, -0.1) is 0 Å². The van der Waals surface area contributed by atoms with Gasteiger partial charge in [0.1, 0.15) is 0 Å². The molecule has 296 valence electrons. The molecule has 0 radical (unpaired) electrons. The molecular weight excluding hydrogens is 765 g/mol. The molecule has 0 N–H and O–H groups in total. The van der Waals surface area contributed by atoms with Gasteiger partial charge in [-0.25, -0.2) is 19.9 Å². The highest BCUT2D eigenvalue weighted by molar-refractivity contribution is 6.10. The van der Waals surface area contributed by atoms with Crippen LogP contribution in [0.3, 0.4) is 0 Å². The predicted molar refractivity (Wildman–Crippen MR) is 265 cm³/mol. The van der Waals surface area contributed by atoms with Gasteiger partial charge in [-0.1, -0.05) is 182 Å². The highest BCUT2D eigenvalue weighted by Crippen LogP contribution is 2.37. The second kappa shape index (κ2) is 16.3. The molecule has 63 heavy (non-hydrogen) atoms. The molecule has 0 amide bonds. The van der Waals surface area contributed by atoms with Crippen LogP contribution in [0.2, 0.25) is 0 Å². The van der Waals surface area contributed by atoms with E-state index in [1.54, 1.807) is 0 Å². The topological polar surface area (TPSA) is 51.6 Å². The number of benzene rings is 7. The van der Waals surface area contributed by atoms with E-state index in [4.69, 9.17) is 19.9 Å². The highest BCUT2D eigenvalue weighted by atomic mass is 14.8. The fourth-order valence-electron chi connectivity index (χ4n) is 8.58. The second-order valence-electron chi connectivity index (χ2n) is 15.9. The van der Waals surface area contributed by atoms with Gasteiger partial charge in [0, 0.05) is 32.7 Å². The van der Waals surface area contributed by atoms with Crippen molar-refractivity contribution in [1.29, 1.82) is 0 Å². The van der Waals surface area contributed by atoms with Gasteiger partial charge in [-0.05, 0) is 88.4 Å². The van der Waals surface area contributed by atoms with E-state index in [1.807, 2.05) is 12.1 Å². The SMILES string of the molecule is Cc1cc(-c2ccc3ccc4c(-c5ccccc5)cc(C=Cc5ccccc5)nc4c3n2)ccc1-c1ccc2ccc3c(-c4ccccc4)cc(/C=C/c4ccccc4)nc3c2n1. The van der Waals surface area contributed by atoms with Crippen molar-refractivity contribution in [3.05, 3.63) is 228 Å². The van der Waals surface area contributed by atoms with Gasteiger partial charge in [-0.3, -0.25) is 0 Å². The van der Waals surface area contributed by atoms with E-state index in [0.29, 0.717) is 0 Å². The Balaban J connectivity index is 1.00. The molecule has 0 unspecified atom stereocenters. The maximum atomic E-state index is 5.37. The average Bonchev–Trinajstić information content (AvgIpc) is 3.35. The summed E-state index contributed by atoms with van der Waals surface area (Å²) in [6, 6.07) is 69.9. The Kier molecular flexibility index (Phi) is 9.72. The van der Waals surface area contributed by atoms with Crippen LogP contribution in [0.25, 0.3) is 113 Å². The van der Waals surface area contributed by atoms with Gasteiger partial charge in [0.15, 0.2) is 0 Å². The molecule has 0 fully saturated rings. The summed E-state index contributed by atoms with van der Waals surface area (Å²) in [6.07, 6.45) is 8.42. The largest absolute Gasteiger partial charge is 0.246 e. The predicted octanol–water partition coefficient (Wildman–Crippen LogP) is 15.2. The molecule has 0 spiro atoms. The fraction of sp³-hybridized carbons (Fsp3) is 0.0169. The highest BCUT2D eigenvalue weighted by Gasteiger charge is 2.16. The van der Waals surface area contributed by atoms with Crippen molar-refractivity contribution in [1.82, 2.24) is 19.9 Å². The Bertz CT molecular complexity index is 3540. The molecular formula is C59H40N4. The van der Waals surface area contributed by atoms with Crippen LogP contribution in [0.1, 0.15) is 28.1 Å². The first-order valence-electron chi connectivity index (χ1n) is 21.3. The first kappa shape index (κ1) is 37.6. The zero-order valence-corrected chi connectivity index (χ0v) is 34.7. The molecule has 0 atom stereocenters. The minimum Gasteiger partial charge on any atom is -0.246 e. The van der Waals surface area contributed by atoms with Crippen LogP contribution in [0, 0.1) is 6.92 Å². The molecule has 4 heteroatoms. The summed E-state index contributed by atoms with van der Waals surface area (Å²) >= 11 is 0. The number of pyridine rings is 4. The van der Waals surface area contributed by atoms with Crippen LogP contribution in [0.5, 0.6) is 0 Å². The summed E-state index contributed by atoms with van der Waals surface area (Å²) in [6.45, 7) is 2.15. The summed E-state index contributed by atoms with van der Waals surface area (Å²) in [4.78, 5) is 21.2. The Morgan fingerprint density at radius 1 is 0.317 bits per heavy atom. The summed E-state index contributed by atoms with van der Waals surface area (Å²) in [7, 11) is 0. The quantitative estimate of drug-likeness (QED) is 0.144. The lowest BCUT2D eigenvalue weighted by molar-refractivity contribution is 1.33. The molecule has 0 saturated heterocycles. The summed E-state index contributed by atoms with van der Waals surface area (Å²) in [5, 5.41) is 4.24. The number of aromatic nitrogens is 4. The smallest absolute Gasteiger partial charge is 0.0978 e. The first-order valence-corrected chi connectivity index (χ1v) is 21.3. The van der Waals surface area contributed by atoms with Gasteiger partial charge in [0.25, 0.3) is 0 Å². The normalized spacial score (nSPS) is 11.8. The number of hydrogen-bond acceptors (Lipinski definition) is 4. The zero-order chi connectivity index (χ0) is 42.1. The minimum absolute atomic E-state index is 0.877. The number of aryl methyl sites for hydroxylation is 1. The zero-order valence-electron chi connectivity index (χ0n) is 34.7. The Labute approximate surface area is 366 Å². The molecule has 4 nitrogen and oxygen atoms in total. The van der Waals surface area contributed by atoms with Gasteiger partial charge in [0.2, 0.25) is 0 Å². The van der Waals surface area contributed by atoms with E-state index in [9.17, 15) is 0 Å². The van der Waals surface area contributed by atoms with Crippen LogP contribution in [-0.4, -0.2) is 19.9 Å². The van der Waals surface area contributed by atoms with E-state index in [2.05, 4.69) is 219 Å². The van der Waals surface area contributed by atoms with E-state index in [-0.39, 0.29) is 0 Å². The second-order valence-corrected chi connectivity index (χ2v) is 15.9. The Morgan fingerprint density at radius 3 is 1.25 bits per heavy atom. The van der Waals surface area contributed by atoms with Gasteiger partial charge < -0.3 is 0 Å². The third kappa shape index (κ3) is 7.45. The van der Waals surface area contributed by atoms with Crippen molar-refractivity contribution in [3.63, 3.8) is 0 Å². The number of hydrogen-bond donors (Lipinski definition) is 0. The third-order valence-corrected chi connectivity index (χ3v) is 11.8. The summed E-state index contributed by atoms with van der Waals surface area (Å²) < 4.78 is 0. The van der Waals surface area contributed by atoms with Crippen molar-refractivity contribution in [2.75, 3.05) is 0 Å². The summed E-state index contributed by atoms with van der Waals surface area (Å²) in [5.41, 5.74) is 17.1. The summed E-state index contributed by atoms with van der Waals surface area (Å²) in [5.74, 6) is 0. The Morgan fingerprint density at radius 2 is 0.762 bits per heavy atom. The van der Waals surface area contributed by atoms with E-state index in [1.165, 1.54) is 0 Å². The van der Waals surface area contributed by atoms with Crippen molar-refractivity contribution in [2.45, 2.75) is 6.92 Å². The van der Waals surface area contributed by atoms with E-state index in [0.717, 1.165) is 116 Å². The van der Waals surface area contributed by atoms with Crippen LogP contribution in [0.4, 0.5) is 0 Å². The fourth-order valence-corrected chi connectivity index (χ4v) is 8.58. The van der Waals surface area contributed by atoms with Crippen LogP contribution in [0.15, 0.2) is 200 Å². The van der Waals surface area contributed by atoms with Crippen molar-refractivity contribution in [3.8, 4) is 44.8 Å². The molecule has 0 saturated carbocycles. The maximum Gasteiger partial charge on any atom is 0.0978 e. The standard InChI is InChI=1S/C59H40N4/c1-39-36-46(54-34-27-44-24-32-50-52(42-18-10-4-11-19-42)37-47(60-58(50)56(44)62-54)29-22-40-14-6-2-7-15-40)26-31-49(39)55-35-28-45-25-33-51-53(43-20-12-5-13-21-43)38-48(61-59(51)57(45)63-55)30-23-41-16-8-3-9-17-41/h2-38H,1H3/b29-22?,30-23+. The van der Waals surface area contributed by atoms with Gasteiger partial charge in [0.05, 0.1) is 44.8 Å². The molecule has 0 aliphatic heterocycles. The number of nitrogens with zero attached hydrogens (tertiary/aromatic N) is 4. The van der Waals surface area contributed by atoms with Crippen molar-refractivity contribution < 1.29 is 0 Å². The van der Waals surface area contributed by atoms with Crippen LogP contribution in [-0.2, 0) is 0 Å². The maximum absolute atomic E-state index is 5.37. The molecule has 4 heterocycles. The number of fused-ring (bicyclic) bond motifs is 6. The van der Waals surface area contributed by atoms with Gasteiger partial charge >= 0.3 is 0 Å². The monoisotopic (exact) mass is 804 g/mol. The van der Waals surface area contributed by atoms with Crippen molar-refractivity contribution >= 4 is 67.9 Å². The van der Waals surface area contributed by atoms with E-state index < -0.39 is 0 Å². The lowest BCUT2D eigenvalue weighted by Gasteiger charge is -2.13. The molecule has 0 bridgehead atoms. The lowest BCUT2D eigenvalue weighted by Crippen LogP contribution is -1.95. The number of rotatable bonds is 8. The van der Waals surface area contributed by atoms with E-state index >= 15 is 0 Å². The minimum atomic E-state index is 0.877.